The number of amides is 1. The van der Waals surface area contributed by atoms with Crippen LogP contribution in [0.25, 0.3) is 0 Å². The van der Waals surface area contributed by atoms with E-state index in [2.05, 4.69) is 66.0 Å². The molecule has 0 saturated heterocycles. The molecule has 3 rings (SSSR count). The number of allylic oxidation sites excluding steroid dienone is 1. The molecule has 0 heterocycles. The summed E-state index contributed by atoms with van der Waals surface area (Å²) in [4.78, 5) is 23.5. The molecular formula is C26H26BCl3N2O2. The quantitative estimate of drug-likeness (QED) is 0.166. The van der Waals surface area contributed by atoms with Crippen molar-refractivity contribution in [3.63, 3.8) is 0 Å². The molecule has 8 heteroatoms. The Bertz CT molecular complexity index is 1050. The van der Waals surface area contributed by atoms with Crippen LogP contribution in [-0.4, -0.2) is 29.3 Å². The highest BCUT2D eigenvalue weighted by Crippen LogP contribution is 2.33. The molecule has 0 aliphatic heterocycles. The van der Waals surface area contributed by atoms with Gasteiger partial charge in [0.05, 0.1) is 5.70 Å². The molecule has 4 nitrogen and oxygen atoms in total. The van der Waals surface area contributed by atoms with E-state index in [-0.39, 0.29) is 11.3 Å². The second-order valence-electron chi connectivity index (χ2n) is 7.48. The van der Waals surface area contributed by atoms with Crippen LogP contribution in [0.15, 0.2) is 102 Å². The summed E-state index contributed by atoms with van der Waals surface area (Å²) in [7, 11) is 1.03. The van der Waals surface area contributed by atoms with Gasteiger partial charge < -0.3 is 11.1 Å². The van der Waals surface area contributed by atoms with Gasteiger partial charge in [0.2, 0.25) is 3.79 Å². The van der Waals surface area contributed by atoms with Gasteiger partial charge in [0.15, 0.2) is 13.1 Å². The number of ketones is 1. The molecule has 0 aromatic heterocycles. The van der Waals surface area contributed by atoms with Crippen molar-refractivity contribution in [2.75, 3.05) is 6.54 Å². The number of rotatable bonds is 7. The Morgan fingerprint density at radius 3 is 1.68 bits per heavy atom. The van der Waals surface area contributed by atoms with Crippen molar-refractivity contribution in [3.8, 4) is 0 Å². The summed E-state index contributed by atoms with van der Waals surface area (Å²) in [6.45, 7) is 1.53. The predicted octanol–water partition coefficient (Wildman–Crippen LogP) is 3.59. The highest BCUT2D eigenvalue weighted by atomic mass is 35.6. The summed E-state index contributed by atoms with van der Waals surface area (Å²) >= 11 is 16.8. The zero-order chi connectivity index (χ0) is 25.0. The molecule has 3 N–H and O–H groups in total. The summed E-state index contributed by atoms with van der Waals surface area (Å²) in [5, 5.41) is 2.59. The monoisotopic (exact) mass is 514 g/mol. The first-order valence-electron chi connectivity index (χ1n) is 10.7. The van der Waals surface area contributed by atoms with Gasteiger partial charge in [-0.1, -0.05) is 137 Å². The molecule has 3 aromatic carbocycles. The number of nitrogens with one attached hydrogen (secondary N) is 1. The SMILES string of the molecule is B(c1ccccc1)c1ccccc1.CC(=O)/C(C(=O)NCCc1ccccc1)=C(/N)C(Cl)(Cl)Cl. The van der Waals surface area contributed by atoms with Crippen LogP contribution in [0.5, 0.6) is 0 Å². The largest absolute Gasteiger partial charge is 0.398 e. The van der Waals surface area contributed by atoms with Crippen LogP contribution in [-0.2, 0) is 16.0 Å². The summed E-state index contributed by atoms with van der Waals surface area (Å²) in [6.07, 6.45) is 0.617. The zero-order valence-corrected chi connectivity index (χ0v) is 21.1. The lowest BCUT2D eigenvalue weighted by Crippen LogP contribution is -2.34. The van der Waals surface area contributed by atoms with E-state index in [1.807, 2.05) is 30.3 Å². The van der Waals surface area contributed by atoms with Crippen molar-refractivity contribution in [2.24, 2.45) is 5.73 Å². The van der Waals surface area contributed by atoms with Crippen LogP contribution in [0, 0.1) is 0 Å². The number of Topliss-reactive ketones (excluding diaryl/α,β-unsaturated/α-hetero) is 1. The summed E-state index contributed by atoms with van der Waals surface area (Å²) in [5.41, 5.74) is 8.67. The average Bonchev–Trinajstić information content (AvgIpc) is 2.81. The van der Waals surface area contributed by atoms with Crippen molar-refractivity contribution < 1.29 is 9.59 Å². The van der Waals surface area contributed by atoms with Gasteiger partial charge in [0.1, 0.15) is 5.57 Å². The molecule has 0 aliphatic carbocycles. The number of carbonyl (C=O) groups excluding carboxylic acids is 2. The Morgan fingerprint density at radius 1 is 0.824 bits per heavy atom. The van der Waals surface area contributed by atoms with Crippen molar-refractivity contribution in [1.82, 2.24) is 5.32 Å². The van der Waals surface area contributed by atoms with Crippen molar-refractivity contribution in [1.29, 1.82) is 0 Å². The first-order valence-corrected chi connectivity index (χ1v) is 11.8. The molecule has 176 valence electrons. The maximum absolute atomic E-state index is 12.0. The van der Waals surface area contributed by atoms with E-state index in [1.54, 1.807) is 0 Å². The van der Waals surface area contributed by atoms with Gasteiger partial charge in [-0.2, -0.15) is 0 Å². The third-order valence-corrected chi connectivity index (χ3v) is 5.40. The number of benzene rings is 3. The summed E-state index contributed by atoms with van der Waals surface area (Å²) in [6, 6.07) is 30.6. The zero-order valence-electron chi connectivity index (χ0n) is 18.8. The minimum Gasteiger partial charge on any atom is -0.398 e. The fourth-order valence-corrected chi connectivity index (χ4v) is 3.38. The standard InChI is InChI=1S/C14H15Cl3N2O2.C12H11B/c1-9(20)11(12(18)14(15,16)17)13(21)19-8-7-10-5-3-2-4-6-10;1-3-7-11(8-4-1)13-12-9-5-2-6-10-12/h2-6H,7-8,18H2,1H3,(H,19,21);1-10,13H/b12-11-;. The van der Waals surface area contributed by atoms with Crippen LogP contribution < -0.4 is 22.0 Å². The smallest absolute Gasteiger partial charge is 0.256 e. The van der Waals surface area contributed by atoms with Crippen LogP contribution >= 0.6 is 34.8 Å². The van der Waals surface area contributed by atoms with E-state index < -0.39 is 15.5 Å². The van der Waals surface area contributed by atoms with Crippen molar-refractivity contribution in [3.05, 3.63) is 108 Å². The molecule has 1 amide bonds. The summed E-state index contributed by atoms with van der Waals surface area (Å²) < 4.78 is -2.00. The van der Waals surface area contributed by atoms with E-state index in [9.17, 15) is 9.59 Å². The maximum Gasteiger partial charge on any atom is 0.256 e. The second-order valence-corrected chi connectivity index (χ2v) is 9.76. The minimum absolute atomic E-state index is 0.330. The highest BCUT2D eigenvalue weighted by molar-refractivity contribution is 6.69. The van der Waals surface area contributed by atoms with Gasteiger partial charge in [-0.15, -0.1) is 0 Å². The molecule has 0 saturated carbocycles. The third-order valence-electron chi connectivity index (χ3n) is 4.79. The third kappa shape index (κ3) is 9.64. The number of hydrogen-bond donors (Lipinski definition) is 2. The number of nitrogens with two attached hydrogens (primary N) is 1. The Labute approximate surface area is 216 Å². The first kappa shape index (κ1) is 27.5. The van der Waals surface area contributed by atoms with Gasteiger partial charge in [0, 0.05) is 6.54 Å². The first-order chi connectivity index (χ1) is 16.2. The lowest BCUT2D eigenvalue weighted by molar-refractivity contribution is -0.121. The van der Waals surface area contributed by atoms with Crippen molar-refractivity contribution in [2.45, 2.75) is 17.1 Å². The molecular weight excluding hydrogens is 489 g/mol. The molecule has 0 unspecified atom stereocenters. The molecule has 34 heavy (non-hydrogen) atoms. The fraction of sp³-hybridized carbons (Fsp3) is 0.154. The number of carbonyl (C=O) groups is 2. The number of alkyl halides is 3. The van der Waals surface area contributed by atoms with Gasteiger partial charge in [-0.05, 0) is 18.9 Å². The lowest BCUT2D eigenvalue weighted by Gasteiger charge is -2.15. The van der Waals surface area contributed by atoms with Crippen molar-refractivity contribution >= 4 is 64.7 Å². The Hall–Kier alpha value is -2.73. The van der Waals surface area contributed by atoms with E-state index in [4.69, 9.17) is 40.5 Å². The van der Waals surface area contributed by atoms with Crippen LogP contribution in [0.3, 0.4) is 0 Å². The topological polar surface area (TPSA) is 72.2 Å². The van der Waals surface area contributed by atoms with Gasteiger partial charge in [-0.3, -0.25) is 9.59 Å². The molecule has 0 radical (unpaired) electrons. The Morgan fingerprint density at radius 2 is 1.26 bits per heavy atom. The van der Waals surface area contributed by atoms with Gasteiger partial charge >= 0.3 is 0 Å². The Balaban J connectivity index is 0.000000266. The normalized spacial score (nSPS) is 11.4. The van der Waals surface area contributed by atoms with E-state index >= 15 is 0 Å². The van der Waals surface area contributed by atoms with E-state index in [0.717, 1.165) is 12.8 Å². The summed E-state index contributed by atoms with van der Waals surface area (Å²) in [5.74, 6) is -1.21. The van der Waals surface area contributed by atoms with Crippen LogP contribution in [0.1, 0.15) is 12.5 Å². The second kappa shape index (κ2) is 13.9. The average molecular weight is 516 g/mol. The molecule has 0 spiro atoms. The molecule has 3 aromatic rings. The van der Waals surface area contributed by atoms with E-state index in [1.165, 1.54) is 17.8 Å². The minimum atomic E-state index is -2.00. The highest BCUT2D eigenvalue weighted by Gasteiger charge is 2.31. The van der Waals surface area contributed by atoms with Crippen LogP contribution in [0.2, 0.25) is 0 Å². The number of hydrogen-bond acceptors (Lipinski definition) is 3. The predicted molar refractivity (Wildman–Crippen MR) is 145 cm³/mol. The number of halogens is 3. The maximum atomic E-state index is 12.0. The lowest BCUT2D eigenvalue weighted by atomic mass is 9.64. The van der Waals surface area contributed by atoms with Gasteiger partial charge in [-0.25, -0.2) is 0 Å². The van der Waals surface area contributed by atoms with Gasteiger partial charge in [0.25, 0.3) is 5.91 Å². The van der Waals surface area contributed by atoms with Crippen LogP contribution in [0.4, 0.5) is 0 Å². The Kier molecular flexibility index (Phi) is 11.2. The fourth-order valence-electron chi connectivity index (χ4n) is 3.09. The molecule has 0 atom stereocenters. The van der Waals surface area contributed by atoms with E-state index in [0.29, 0.717) is 13.0 Å². The molecule has 0 fully saturated rings. The molecule has 0 bridgehead atoms. The molecule has 0 aliphatic rings.